The number of phenolic OH excluding ortho intramolecular Hbond substituents is 4. The minimum absolute atomic E-state index is 0.0559. The monoisotopic (exact) mass is 510 g/mol. The second-order valence-corrected chi connectivity index (χ2v) is 10.6. The number of hydrogen-bond donors (Lipinski definition) is 4. The predicted molar refractivity (Wildman–Crippen MR) is 148 cm³/mol. The van der Waals surface area contributed by atoms with Crippen molar-refractivity contribution < 1.29 is 24.8 Å². The molecule has 8 nitrogen and oxygen atoms in total. The number of benzene rings is 2. The molecule has 0 aliphatic carbocycles. The zero-order chi connectivity index (χ0) is 27.8. The largest absolute Gasteiger partial charge is 0.507 e. The number of allylic oxidation sites excluding steroid dienone is 4. The summed E-state index contributed by atoms with van der Waals surface area (Å²) in [5.74, 6) is -1.23. The van der Waals surface area contributed by atoms with Gasteiger partial charge in [-0.25, -0.2) is 0 Å². The van der Waals surface area contributed by atoms with E-state index >= 15 is 0 Å². The Bertz CT molecular complexity index is 1470. The van der Waals surface area contributed by atoms with E-state index in [-0.39, 0.29) is 87.6 Å². The van der Waals surface area contributed by atoms with Crippen molar-refractivity contribution in [3.63, 3.8) is 0 Å². The highest BCUT2D eigenvalue weighted by Crippen LogP contribution is 2.45. The van der Waals surface area contributed by atoms with Gasteiger partial charge >= 0.3 is 0 Å². The Labute approximate surface area is 217 Å². The highest BCUT2D eigenvalue weighted by atomic mass is 16.3. The summed E-state index contributed by atoms with van der Waals surface area (Å²) in [6.07, 6.45) is 4.12. The average Bonchev–Trinajstić information content (AvgIpc) is 2.78. The molecular formula is C29H38N2O6. The van der Waals surface area contributed by atoms with Gasteiger partial charge < -0.3 is 34.6 Å². The van der Waals surface area contributed by atoms with Gasteiger partial charge in [0.15, 0.2) is 17.1 Å². The van der Waals surface area contributed by atoms with Crippen LogP contribution in [0.2, 0.25) is 0 Å². The quantitative estimate of drug-likeness (QED) is 0.192. The van der Waals surface area contributed by atoms with E-state index in [9.17, 15) is 25.2 Å². The average molecular weight is 511 g/mol. The smallest absolute Gasteiger partial charge is 0.204 e. The molecule has 0 aliphatic heterocycles. The van der Waals surface area contributed by atoms with Crippen LogP contribution in [0.4, 0.5) is 0 Å². The first kappa shape index (κ1) is 28.1. The van der Waals surface area contributed by atoms with Crippen molar-refractivity contribution in [3.05, 3.63) is 55.8 Å². The maximum atomic E-state index is 14.2. The predicted octanol–water partition coefficient (Wildman–Crippen LogP) is 4.91. The molecule has 3 aromatic rings. The summed E-state index contributed by atoms with van der Waals surface area (Å²) in [5.41, 5.74) is 2.69. The molecule has 37 heavy (non-hydrogen) atoms. The van der Waals surface area contributed by atoms with Crippen LogP contribution in [0.1, 0.15) is 49.9 Å². The van der Waals surface area contributed by atoms with E-state index in [1.807, 2.05) is 58.8 Å². The molecule has 0 fully saturated rings. The Hall–Kier alpha value is -3.49. The summed E-state index contributed by atoms with van der Waals surface area (Å²) < 4.78 is 6.34. The van der Waals surface area contributed by atoms with Gasteiger partial charge in [0.2, 0.25) is 5.43 Å². The Morgan fingerprint density at radius 3 is 1.57 bits per heavy atom. The highest BCUT2D eigenvalue weighted by molar-refractivity contribution is 6.00. The van der Waals surface area contributed by atoms with Gasteiger partial charge in [-0.15, -0.1) is 0 Å². The molecule has 0 saturated heterocycles. The Kier molecular flexibility index (Phi) is 8.25. The topological polar surface area (TPSA) is 118 Å². The standard InChI is InChI=1S/C29H38N2O6/c1-15(2)9-11-17-21-27(36)22-24(33)18(12-10-16(3)4)23(32)19(13-30(5)6)29(22)37-28(21)20(14-31(7)8)26(35)25(17)34/h9-10,32-35H,11-14H2,1-8H3. The Morgan fingerprint density at radius 2 is 1.08 bits per heavy atom. The van der Waals surface area contributed by atoms with Gasteiger partial charge in [-0.2, -0.15) is 0 Å². The second-order valence-electron chi connectivity index (χ2n) is 10.6. The lowest BCUT2D eigenvalue weighted by atomic mass is 9.94. The Balaban J connectivity index is 2.64. The first-order valence-electron chi connectivity index (χ1n) is 12.2. The minimum Gasteiger partial charge on any atom is -0.507 e. The van der Waals surface area contributed by atoms with E-state index in [0.29, 0.717) is 5.56 Å². The van der Waals surface area contributed by atoms with Gasteiger partial charge in [0.05, 0.1) is 16.5 Å². The molecule has 1 heterocycles. The van der Waals surface area contributed by atoms with Crippen molar-refractivity contribution in [1.82, 2.24) is 9.80 Å². The van der Waals surface area contributed by atoms with Gasteiger partial charge in [0.25, 0.3) is 0 Å². The van der Waals surface area contributed by atoms with Crippen LogP contribution in [0.15, 0.2) is 32.5 Å². The van der Waals surface area contributed by atoms with Crippen molar-refractivity contribution in [2.24, 2.45) is 0 Å². The normalized spacial score (nSPS) is 11.6. The lowest BCUT2D eigenvalue weighted by Crippen LogP contribution is -2.16. The van der Waals surface area contributed by atoms with E-state index in [1.54, 1.807) is 19.0 Å². The number of fused-ring (bicyclic) bond motifs is 2. The van der Waals surface area contributed by atoms with E-state index in [0.717, 1.165) is 11.1 Å². The third-order valence-electron chi connectivity index (χ3n) is 6.23. The van der Waals surface area contributed by atoms with Gasteiger partial charge in [0, 0.05) is 24.2 Å². The summed E-state index contributed by atoms with van der Waals surface area (Å²) in [5, 5.41) is 44.5. The molecule has 0 atom stereocenters. The van der Waals surface area contributed by atoms with Crippen LogP contribution in [0.25, 0.3) is 21.9 Å². The van der Waals surface area contributed by atoms with Crippen molar-refractivity contribution in [2.45, 2.75) is 53.6 Å². The Morgan fingerprint density at radius 1 is 0.649 bits per heavy atom. The number of aromatic hydroxyl groups is 4. The summed E-state index contributed by atoms with van der Waals surface area (Å²) in [4.78, 5) is 17.8. The van der Waals surface area contributed by atoms with Crippen LogP contribution in [-0.2, 0) is 25.9 Å². The first-order chi connectivity index (χ1) is 17.3. The molecule has 3 rings (SSSR count). The van der Waals surface area contributed by atoms with Crippen molar-refractivity contribution in [1.29, 1.82) is 0 Å². The molecule has 0 radical (unpaired) electrons. The fourth-order valence-electron chi connectivity index (χ4n) is 4.44. The fourth-order valence-corrected chi connectivity index (χ4v) is 4.44. The molecule has 0 spiro atoms. The molecule has 0 saturated carbocycles. The third-order valence-corrected chi connectivity index (χ3v) is 6.23. The number of hydrogen-bond acceptors (Lipinski definition) is 8. The van der Waals surface area contributed by atoms with E-state index < -0.39 is 5.43 Å². The third kappa shape index (κ3) is 5.45. The number of nitrogens with zero attached hydrogens (tertiary/aromatic N) is 2. The zero-order valence-electron chi connectivity index (χ0n) is 23.0. The molecule has 0 bridgehead atoms. The first-order valence-corrected chi connectivity index (χ1v) is 12.2. The molecule has 0 amide bonds. The zero-order valence-corrected chi connectivity index (χ0v) is 23.0. The number of phenols is 4. The van der Waals surface area contributed by atoms with Gasteiger partial charge in [-0.1, -0.05) is 23.3 Å². The van der Waals surface area contributed by atoms with Crippen LogP contribution in [0.5, 0.6) is 23.0 Å². The van der Waals surface area contributed by atoms with E-state index in [4.69, 9.17) is 4.42 Å². The SMILES string of the molecule is CC(C)=CCc1c(O)c(CN(C)C)c2oc3c(CN(C)C)c(O)c(O)c(CC=C(C)C)c3c(=O)c2c1O. The van der Waals surface area contributed by atoms with Crippen molar-refractivity contribution in [2.75, 3.05) is 28.2 Å². The van der Waals surface area contributed by atoms with Crippen LogP contribution < -0.4 is 5.43 Å². The fraction of sp³-hybridized carbons (Fsp3) is 0.414. The minimum atomic E-state index is -0.528. The van der Waals surface area contributed by atoms with Crippen LogP contribution >= 0.6 is 0 Å². The second kappa shape index (κ2) is 10.9. The molecule has 2 aromatic carbocycles. The molecule has 200 valence electrons. The van der Waals surface area contributed by atoms with E-state index in [1.165, 1.54) is 0 Å². The van der Waals surface area contributed by atoms with Crippen LogP contribution in [0, 0.1) is 0 Å². The lowest BCUT2D eigenvalue weighted by molar-refractivity contribution is 0.365. The molecule has 1 aromatic heterocycles. The summed E-state index contributed by atoms with van der Waals surface area (Å²) in [7, 11) is 7.24. The maximum Gasteiger partial charge on any atom is 0.204 e. The van der Waals surface area contributed by atoms with Gasteiger partial charge in [0.1, 0.15) is 22.5 Å². The van der Waals surface area contributed by atoms with E-state index in [2.05, 4.69) is 0 Å². The molecule has 8 heteroatoms. The van der Waals surface area contributed by atoms with Crippen LogP contribution in [-0.4, -0.2) is 58.4 Å². The van der Waals surface area contributed by atoms with Crippen LogP contribution in [0.3, 0.4) is 0 Å². The van der Waals surface area contributed by atoms with Gasteiger partial charge in [-0.3, -0.25) is 4.79 Å². The highest BCUT2D eigenvalue weighted by Gasteiger charge is 2.28. The molecular weight excluding hydrogens is 472 g/mol. The lowest BCUT2D eigenvalue weighted by Gasteiger charge is -2.20. The van der Waals surface area contributed by atoms with Crippen molar-refractivity contribution in [3.8, 4) is 23.0 Å². The molecule has 0 aliphatic rings. The maximum absolute atomic E-state index is 14.2. The number of rotatable bonds is 8. The molecule has 0 unspecified atom stereocenters. The molecule has 4 N–H and O–H groups in total. The summed E-state index contributed by atoms with van der Waals surface area (Å²) in [6, 6.07) is 0. The van der Waals surface area contributed by atoms with Gasteiger partial charge in [-0.05, 0) is 68.7 Å². The van der Waals surface area contributed by atoms with Crippen molar-refractivity contribution >= 4 is 21.9 Å². The summed E-state index contributed by atoms with van der Waals surface area (Å²) >= 11 is 0. The summed E-state index contributed by atoms with van der Waals surface area (Å²) in [6.45, 7) is 8.05.